The number of methoxy groups -OCH3 is 1. The molecule has 1 atom stereocenters. The van der Waals surface area contributed by atoms with Crippen LogP contribution in [0.2, 0.25) is 5.02 Å². The zero-order valence-corrected chi connectivity index (χ0v) is 21.5. The molecule has 0 spiro atoms. The minimum atomic E-state index is -0.794. The number of nitrogens with zero attached hydrogens (tertiary/aromatic N) is 1. The molecule has 0 aromatic heterocycles. The standard InChI is InChI=1S/C28H30ClN3O4/c1-18(2)26(31-27(33)22-10-5-6-11-23(22)29)28(34)32-30-16-20-12-13-24(25(15-20)35-4)36-17-21-9-7-8-19(3)14-21/h5-16,18,26H,17H2,1-4H3,(H,31,33)(H,32,34). The van der Waals surface area contributed by atoms with Crippen LogP contribution in [0.15, 0.2) is 71.8 Å². The summed E-state index contributed by atoms with van der Waals surface area (Å²) in [6, 6.07) is 19.3. The van der Waals surface area contributed by atoms with Crippen LogP contribution < -0.4 is 20.2 Å². The Morgan fingerprint density at radius 2 is 1.81 bits per heavy atom. The monoisotopic (exact) mass is 507 g/mol. The molecule has 1 unspecified atom stereocenters. The van der Waals surface area contributed by atoms with Gasteiger partial charge in [0.15, 0.2) is 11.5 Å². The number of nitrogens with one attached hydrogen (secondary N) is 2. The molecule has 0 aliphatic heterocycles. The molecule has 2 amide bonds. The molecule has 36 heavy (non-hydrogen) atoms. The highest BCUT2D eigenvalue weighted by Crippen LogP contribution is 2.28. The Bertz CT molecular complexity index is 1240. The molecule has 7 nitrogen and oxygen atoms in total. The van der Waals surface area contributed by atoms with Gasteiger partial charge in [-0.3, -0.25) is 9.59 Å². The molecular formula is C28H30ClN3O4. The third kappa shape index (κ3) is 7.33. The number of halogens is 1. The fourth-order valence-corrected chi connectivity index (χ4v) is 3.71. The molecule has 0 saturated carbocycles. The molecule has 3 aromatic rings. The van der Waals surface area contributed by atoms with Gasteiger partial charge in [-0.1, -0.05) is 67.4 Å². The lowest BCUT2D eigenvalue weighted by molar-refractivity contribution is -0.123. The molecule has 0 fully saturated rings. The second-order valence-electron chi connectivity index (χ2n) is 8.60. The van der Waals surface area contributed by atoms with E-state index in [2.05, 4.69) is 21.9 Å². The van der Waals surface area contributed by atoms with Gasteiger partial charge in [-0.2, -0.15) is 5.10 Å². The van der Waals surface area contributed by atoms with Gasteiger partial charge in [-0.25, -0.2) is 5.43 Å². The Labute approximate surface area is 216 Å². The van der Waals surface area contributed by atoms with Gasteiger partial charge in [0, 0.05) is 0 Å². The van der Waals surface area contributed by atoms with Gasteiger partial charge in [0.05, 0.1) is 23.9 Å². The average molecular weight is 508 g/mol. The van der Waals surface area contributed by atoms with E-state index in [1.54, 1.807) is 43.5 Å². The summed E-state index contributed by atoms with van der Waals surface area (Å²) in [5.74, 6) is 0.111. The van der Waals surface area contributed by atoms with Gasteiger partial charge in [0.1, 0.15) is 12.6 Å². The van der Waals surface area contributed by atoms with Crippen molar-refractivity contribution < 1.29 is 19.1 Å². The zero-order chi connectivity index (χ0) is 26.1. The summed E-state index contributed by atoms with van der Waals surface area (Å²) in [6.07, 6.45) is 1.50. The van der Waals surface area contributed by atoms with E-state index in [-0.39, 0.29) is 5.92 Å². The van der Waals surface area contributed by atoms with Gasteiger partial charge < -0.3 is 14.8 Å². The first-order chi connectivity index (χ1) is 17.3. The SMILES string of the molecule is COc1cc(C=NNC(=O)C(NC(=O)c2ccccc2Cl)C(C)C)ccc1OCc1cccc(C)c1. The van der Waals surface area contributed by atoms with Crippen molar-refractivity contribution in [3.05, 3.63) is 94.0 Å². The predicted molar refractivity (Wildman–Crippen MR) is 142 cm³/mol. The first kappa shape index (κ1) is 26.8. The molecule has 0 heterocycles. The van der Waals surface area contributed by atoms with Gasteiger partial charge in [0.25, 0.3) is 11.8 Å². The van der Waals surface area contributed by atoms with E-state index in [9.17, 15) is 9.59 Å². The van der Waals surface area contributed by atoms with E-state index >= 15 is 0 Å². The maximum absolute atomic E-state index is 12.7. The van der Waals surface area contributed by atoms with E-state index in [4.69, 9.17) is 21.1 Å². The van der Waals surface area contributed by atoms with Crippen LogP contribution in [0.3, 0.4) is 0 Å². The number of hydrogen-bond donors (Lipinski definition) is 2. The first-order valence-corrected chi connectivity index (χ1v) is 11.9. The van der Waals surface area contributed by atoms with Crippen LogP contribution in [-0.2, 0) is 11.4 Å². The molecule has 0 aliphatic carbocycles. The van der Waals surface area contributed by atoms with Crippen molar-refractivity contribution in [3.8, 4) is 11.5 Å². The second-order valence-corrected chi connectivity index (χ2v) is 9.00. The summed E-state index contributed by atoms with van der Waals surface area (Å²) >= 11 is 6.10. The van der Waals surface area contributed by atoms with Gasteiger partial charge >= 0.3 is 0 Å². The molecule has 0 saturated heterocycles. The molecule has 188 valence electrons. The van der Waals surface area contributed by atoms with Crippen LogP contribution in [0.1, 0.15) is 40.9 Å². The largest absolute Gasteiger partial charge is 0.493 e. The molecule has 8 heteroatoms. The van der Waals surface area contributed by atoms with E-state index in [0.717, 1.165) is 5.56 Å². The van der Waals surface area contributed by atoms with Crippen LogP contribution in [0, 0.1) is 12.8 Å². The summed E-state index contributed by atoms with van der Waals surface area (Å²) in [5.41, 5.74) is 5.74. The number of hydrogen-bond acceptors (Lipinski definition) is 5. The lowest BCUT2D eigenvalue weighted by Gasteiger charge is -2.20. The number of benzene rings is 3. The maximum atomic E-state index is 12.7. The van der Waals surface area contributed by atoms with Crippen molar-refractivity contribution in [2.75, 3.05) is 7.11 Å². The molecule has 0 bridgehead atoms. The van der Waals surface area contributed by atoms with Crippen LogP contribution in [0.4, 0.5) is 0 Å². The molecule has 0 aliphatic rings. The third-order valence-electron chi connectivity index (χ3n) is 5.41. The number of carbonyl (C=O) groups is 2. The number of ether oxygens (including phenoxy) is 2. The predicted octanol–water partition coefficient (Wildman–Crippen LogP) is 5.14. The van der Waals surface area contributed by atoms with Crippen LogP contribution >= 0.6 is 11.6 Å². The van der Waals surface area contributed by atoms with Crippen LogP contribution in [0.25, 0.3) is 0 Å². The normalized spacial score (nSPS) is 11.8. The van der Waals surface area contributed by atoms with Crippen molar-refractivity contribution >= 4 is 29.6 Å². The summed E-state index contributed by atoms with van der Waals surface area (Å²) in [5, 5.41) is 7.10. The minimum Gasteiger partial charge on any atom is -0.493 e. The zero-order valence-electron chi connectivity index (χ0n) is 20.7. The fraction of sp³-hybridized carbons (Fsp3) is 0.250. The summed E-state index contributed by atoms with van der Waals surface area (Å²) in [4.78, 5) is 25.3. The van der Waals surface area contributed by atoms with Gasteiger partial charge in [-0.05, 0) is 54.3 Å². The van der Waals surface area contributed by atoms with Crippen molar-refractivity contribution in [1.29, 1.82) is 0 Å². The van der Waals surface area contributed by atoms with Gasteiger partial charge in [0.2, 0.25) is 0 Å². The van der Waals surface area contributed by atoms with Crippen molar-refractivity contribution in [2.24, 2.45) is 11.0 Å². The van der Waals surface area contributed by atoms with E-state index in [1.165, 1.54) is 11.8 Å². The first-order valence-electron chi connectivity index (χ1n) is 11.5. The fourth-order valence-electron chi connectivity index (χ4n) is 3.49. The van der Waals surface area contributed by atoms with Gasteiger partial charge in [-0.15, -0.1) is 0 Å². The molecule has 3 aromatic carbocycles. The lowest BCUT2D eigenvalue weighted by Crippen LogP contribution is -2.48. The Balaban J connectivity index is 1.62. The van der Waals surface area contributed by atoms with E-state index in [0.29, 0.717) is 34.3 Å². The Kier molecular flexibility index (Phi) is 9.47. The lowest BCUT2D eigenvalue weighted by atomic mass is 10.0. The molecular weight excluding hydrogens is 478 g/mol. The maximum Gasteiger partial charge on any atom is 0.262 e. The number of hydrazone groups is 1. The van der Waals surface area contributed by atoms with E-state index in [1.807, 2.05) is 45.0 Å². The van der Waals surface area contributed by atoms with E-state index < -0.39 is 17.9 Å². The highest BCUT2D eigenvalue weighted by atomic mass is 35.5. The summed E-state index contributed by atoms with van der Waals surface area (Å²) < 4.78 is 11.4. The quantitative estimate of drug-likeness (QED) is 0.294. The summed E-state index contributed by atoms with van der Waals surface area (Å²) in [7, 11) is 1.56. The summed E-state index contributed by atoms with van der Waals surface area (Å²) in [6.45, 7) is 6.12. The average Bonchev–Trinajstić information content (AvgIpc) is 2.86. The number of aryl methyl sites for hydroxylation is 1. The highest BCUT2D eigenvalue weighted by molar-refractivity contribution is 6.33. The topological polar surface area (TPSA) is 89.0 Å². The third-order valence-corrected chi connectivity index (χ3v) is 5.74. The van der Waals surface area contributed by atoms with Crippen molar-refractivity contribution in [3.63, 3.8) is 0 Å². The molecule has 2 N–H and O–H groups in total. The Morgan fingerprint density at radius 3 is 2.50 bits per heavy atom. The smallest absolute Gasteiger partial charge is 0.262 e. The van der Waals surface area contributed by atoms with Crippen molar-refractivity contribution in [2.45, 2.75) is 33.4 Å². The van der Waals surface area contributed by atoms with Crippen LogP contribution in [0.5, 0.6) is 11.5 Å². The number of carbonyl (C=O) groups excluding carboxylic acids is 2. The minimum absolute atomic E-state index is 0.170. The highest BCUT2D eigenvalue weighted by Gasteiger charge is 2.25. The Hall–Kier alpha value is -3.84. The Morgan fingerprint density at radius 1 is 1.03 bits per heavy atom. The molecule has 0 radical (unpaired) electrons. The van der Waals surface area contributed by atoms with Crippen LogP contribution in [-0.4, -0.2) is 31.2 Å². The second kappa shape index (κ2) is 12.7. The number of rotatable bonds is 10. The molecule has 3 rings (SSSR count). The number of amides is 2. The van der Waals surface area contributed by atoms with Crippen molar-refractivity contribution in [1.82, 2.24) is 10.7 Å².